The van der Waals surface area contributed by atoms with Crippen LogP contribution in [0, 0.1) is 0 Å². The van der Waals surface area contributed by atoms with E-state index in [0.29, 0.717) is 32.4 Å². The van der Waals surface area contributed by atoms with Crippen LogP contribution in [0.1, 0.15) is 25.7 Å². The van der Waals surface area contributed by atoms with Crippen molar-refractivity contribution in [2.24, 2.45) is 0 Å². The maximum Gasteiger partial charge on any atom is 0.334 e. The summed E-state index contributed by atoms with van der Waals surface area (Å²) < 4.78 is 16.7. The maximum absolute atomic E-state index is 11.0. The van der Waals surface area contributed by atoms with Crippen LogP contribution >= 0.6 is 0 Å². The summed E-state index contributed by atoms with van der Waals surface area (Å²) in [6, 6.07) is 0.434. The quantitative estimate of drug-likeness (QED) is 0.787. The van der Waals surface area contributed by atoms with Crippen molar-refractivity contribution in [2.45, 2.75) is 43.6 Å². The number of ether oxygens (including phenoxy) is 3. The van der Waals surface area contributed by atoms with E-state index in [9.17, 15) is 4.79 Å². The molecule has 108 valence electrons. The van der Waals surface area contributed by atoms with E-state index in [2.05, 4.69) is 4.90 Å². The molecule has 2 saturated heterocycles. The molecule has 1 unspecified atom stereocenters. The summed E-state index contributed by atoms with van der Waals surface area (Å²) in [7, 11) is 0. The molecule has 0 aromatic heterocycles. The van der Waals surface area contributed by atoms with Gasteiger partial charge in [0.2, 0.25) is 0 Å². The van der Waals surface area contributed by atoms with Crippen LogP contribution in [0.25, 0.3) is 0 Å². The number of carbonyl (C=O) groups is 1. The van der Waals surface area contributed by atoms with Crippen LogP contribution in [0.15, 0.2) is 0 Å². The Bertz CT molecular complexity index is 332. The molecule has 1 spiro atoms. The third kappa shape index (κ3) is 2.76. The monoisotopic (exact) mass is 271 g/mol. The van der Waals surface area contributed by atoms with Crippen molar-refractivity contribution in [1.82, 2.24) is 4.90 Å². The van der Waals surface area contributed by atoms with Crippen LogP contribution in [-0.2, 0) is 19.0 Å². The first-order valence-corrected chi connectivity index (χ1v) is 7.05. The minimum absolute atomic E-state index is 0.338. The molecular formula is C13H21NO5. The lowest BCUT2D eigenvalue weighted by Gasteiger charge is -2.42. The van der Waals surface area contributed by atoms with Gasteiger partial charge in [0.25, 0.3) is 0 Å². The Morgan fingerprint density at radius 1 is 1.16 bits per heavy atom. The first-order chi connectivity index (χ1) is 9.19. The van der Waals surface area contributed by atoms with Crippen molar-refractivity contribution in [3.63, 3.8) is 0 Å². The first-order valence-electron chi connectivity index (χ1n) is 7.05. The highest BCUT2D eigenvalue weighted by Gasteiger charge is 2.42. The second kappa shape index (κ2) is 5.36. The highest BCUT2D eigenvalue weighted by molar-refractivity contribution is 5.72. The molecule has 1 N–H and O–H groups in total. The molecule has 0 bridgehead atoms. The van der Waals surface area contributed by atoms with Gasteiger partial charge in [-0.15, -0.1) is 0 Å². The zero-order valence-corrected chi connectivity index (χ0v) is 11.0. The smallest absolute Gasteiger partial charge is 0.334 e. The van der Waals surface area contributed by atoms with Crippen LogP contribution in [0.3, 0.4) is 0 Å². The molecule has 0 aromatic rings. The molecule has 3 aliphatic rings. The average Bonchev–Trinajstić information content (AvgIpc) is 2.88. The number of carboxylic acids is 1. The Morgan fingerprint density at radius 3 is 2.47 bits per heavy atom. The van der Waals surface area contributed by atoms with E-state index in [4.69, 9.17) is 19.3 Å². The maximum atomic E-state index is 11.0. The highest BCUT2D eigenvalue weighted by atomic mass is 16.7. The van der Waals surface area contributed by atoms with Gasteiger partial charge in [0.15, 0.2) is 11.9 Å². The SMILES string of the molecule is O=C(O)C1CN(C2CCC3(CC2)OCCO3)CCO1. The molecule has 0 aromatic carbocycles. The largest absolute Gasteiger partial charge is 0.479 e. The van der Waals surface area contributed by atoms with Crippen LogP contribution in [-0.4, -0.2) is 66.8 Å². The fourth-order valence-corrected chi connectivity index (χ4v) is 3.34. The summed E-state index contributed by atoms with van der Waals surface area (Å²) in [5.41, 5.74) is 0. The summed E-state index contributed by atoms with van der Waals surface area (Å²) in [5.74, 6) is -1.20. The molecule has 1 atom stereocenters. The lowest BCUT2D eigenvalue weighted by Crippen LogP contribution is -2.52. The number of rotatable bonds is 2. The van der Waals surface area contributed by atoms with E-state index in [1.807, 2.05) is 0 Å². The number of carboxylic acid groups (broad SMARTS) is 1. The zero-order valence-electron chi connectivity index (χ0n) is 11.0. The van der Waals surface area contributed by atoms with Gasteiger partial charge in [0.05, 0.1) is 19.8 Å². The number of nitrogens with zero attached hydrogens (tertiary/aromatic N) is 1. The van der Waals surface area contributed by atoms with Crippen molar-refractivity contribution in [1.29, 1.82) is 0 Å². The minimum atomic E-state index is -0.862. The second-order valence-electron chi connectivity index (χ2n) is 5.53. The lowest BCUT2D eigenvalue weighted by atomic mass is 9.88. The number of morpholine rings is 1. The second-order valence-corrected chi connectivity index (χ2v) is 5.53. The van der Waals surface area contributed by atoms with E-state index >= 15 is 0 Å². The first kappa shape index (κ1) is 13.3. The lowest BCUT2D eigenvalue weighted by molar-refractivity contribution is -0.188. The molecule has 1 aliphatic carbocycles. The van der Waals surface area contributed by atoms with Crippen LogP contribution in [0.5, 0.6) is 0 Å². The standard InChI is InChI=1S/C13H21NO5/c15-12(16)11-9-14(5-6-17-11)10-1-3-13(4-2-10)18-7-8-19-13/h10-11H,1-9H2,(H,15,16). The van der Waals surface area contributed by atoms with Gasteiger partial charge in [-0.1, -0.05) is 0 Å². The Morgan fingerprint density at radius 2 is 1.84 bits per heavy atom. The Balaban J connectivity index is 1.54. The summed E-state index contributed by atoms with van der Waals surface area (Å²) in [6.07, 6.45) is 3.15. The third-order valence-electron chi connectivity index (χ3n) is 4.42. The van der Waals surface area contributed by atoms with Gasteiger partial charge in [-0.3, -0.25) is 4.90 Å². The van der Waals surface area contributed by atoms with E-state index in [1.54, 1.807) is 0 Å². The number of aliphatic carboxylic acids is 1. The molecule has 6 nitrogen and oxygen atoms in total. The molecule has 2 heterocycles. The fourth-order valence-electron chi connectivity index (χ4n) is 3.34. The zero-order chi connectivity index (χ0) is 13.3. The van der Waals surface area contributed by atoms with E-state index in [-0.39, 0.29) is 5.79 Å². The Labute approximate surface area is 112 Å². The number of hydrogen-bond donors (Lipinski definition) is 1. The fraction of sp³-hybridized carbons (Fsp3) is 0.923. The van der Waals surface area contributed by atoms with Gasteiger partial charge in [-0.25, -0.2) is 4.79 Å². The van der Waals surface area contributed by atoms with Crippen LogP contribution in [0.2, 0.25) is 0 Å². The average molecular weight is 271 g/mol. The van der Waals surface area contributed by atoms with Gasteiger partial charge in [0, 0.05) is 32.0 Å². The van der Waals surface area contributed by atoms with Crippen molar-refractivity contribution >= 4 is 5.97 Å². The predicted molar refractivity (Wildman–Crippen MR) is 65.8 cm³/mol. The Hall–Kier alpha value is -0.690. The van der Waals surface area contributed by atoms with Gasteiger partial charge in [-0.05, 0) is 12.8 Å². The highest BCUT2D eigenvalue weighted by Crippen LogP contribution is 2.37. The van der Waals surface area contributed by atoms with Crippen molar-refractivity contribution < 1.29 is 24.1 Å². The van der Waals surface area contributed by atoms with E-state index in [0.717, 1.165) is 32.2 Å². The van der Waals surface area contributed by atoms with Gasteiger partial charge in [-0.2, -0.15) is 0 Å². The molecule has 3 fully saturated rings. The molecular weight excluding hydrogens is 250 g/mol. The van der Waals surface area contributed by atoms with Crippen molar-refractivity contribution in [3.05, 3.63) is 0 Å². The minimum Gasteiger partial charge on any atom is -0.479 e. The van der Waals surface area contributed by atoms with E-state index < -0.39 is 12.1 Å². The molecule has 6 heteroatoms. The molecule has 0 radical (unpaired) electrons. The van der Waals surface area contributed by atoms with Gasteiger partial charge >= 0.3 is 5.97 Å². The normalized spacial score (nSPS) is 32.7. The summed E-state index contributed by atoms with van der Waals surface area (Å²) >= 11 is 0. The summed E-state index contributed by atoms with van der Waals surface area (Å²) in [5, 5.41) is 9.03. The summed E-state index contributed by atoms with van der Waals surface area (Å²) in [4.78, 5) is 13.2. The van der Waals surface area contributed by atoms with Crippen molar-refractivity contribution in [3.8, 4) is 0 Å². The van der Waals surface area contributed by atoms with Crippen molar-refractivity contribution in [2.75, 3.05) is 32.9 Å². The molecule has 3 rings (SSSR count). The Kier molecular flexibility index (Phi) is 3.75. The topological polar surface area (TPSA) is 68.2 Å². The van der Waals surface area contributed by atoms with Crippen LogP contribution in [0.4, 0.5) is 0 Å². The van der Waals surface area contributed by atoms with Gasteiger partial charge < -0.3 is 19.3 Å². The van der Waals surface area contributed by atoms with Gasteiger partial charge in [0.1, 0.15) is 0 Å². The number of hydrogen-bond acceptors (Lipinski definition) is 5. The third-order valence-corrected chi connectivity index (χ3v) is 4.42. The predicted octanol–water partition coefficient (Wildman–Crippen LogP) is 0.457. The summed E-state index contributed by atoms with van der Waals surface area (Å²) in [6.45, 7) is 3.22. The van der Waals surface area contributed by atoms with Crippen LogP contribution < -0.4 is 0 Å². The molecule has 2 aliphatic heterocycles. The molecule has 1 saturated carbocycles. The molecule has 19 heavy (non-hydrogen) atoms. The van der Waals surface area contributed by atoms with E-state index in [1.165, 1.54) is 0 Å². The molecule has 0 amide bonds.